The van der Waals surface area contributed by atoms with Crippen molar-refractivity contribution < 1.29 is 19.4 Å². The van der Waals surface area contributed by atoms with Gasteiger partial charge >= 0.3 is 5.97 Å². The molecule has 0 amide bonds. The Morgan fingerprint density at radius 2 is 1.87 bits per heavy atom. The summed E-state index contributed by atoms with van der Waals surface area (Å²) in [5, 5.41) is 10.6. The molecule has 0 aliphatic heterocycles. The zero-order valence-corrected chi connectivity index (χ0v) is 12.5. The molecule has 5 nitrogen and oxygen atoms in total. The summed E-state index contributed by atoms with van der Waals surface area (Å²) in [7, 11) is 1.46. The van der Waals surface area contributed by atoms with E-state index in [1.165, 1.54) is 13.2 Å². The van der Waals surface area contributed by atoms with Crippen LogP contribution in [0.3, 0.4) is 0 Å². The Morgan fingerprint density at radius 1 is 1.09 bits per heavy atom. The van der Waals surface area contributed by atoms with E-state index < -0.39 is 5.97 Å². The van der Waals surface area contributed by atoms with Crippen LogP contribution < -0.4 is 9.47 Å². The second-order valence-corrected chi connectivity index (χ2v) is 4.95. The predicted molar refractivity (Wildman–Crippen MR) is 86.0 cm³/mol. The topological polar surface area (TPSA) is 68.7 Å². The quantitative estimate of drug-likeness (QED) is 0.781. The van der Waals surface area contributed by atoms with Crippen molar-refractivity contribution in [2.75, 3.05) is 7.11 Å². The van der Waals surface area contributed by atoms with Crippen LogP contribution in [-0.2, 0) is 6.61 Å². The molecule has 0 aliphatic carbocycles. The van der Waals surface area contributed by atoms with Crippen molar-refractivity contribution in [3.8, 4) is 11.6 Å². The first-order valence-electron chi connectivity index (χ1n) is 7.07. The van der Waals surface area contributed by atoms with Gasteiger partial charge in [-0.1, -0.05) is 36.4 Å². The highest BCUT2D eigenvalue weighted by Gasteiger charge is 2.14. The molecule has 1 aromatic heterocycles. The normalized spacial score (nSPS) is 10.5. The van der Waals surface area contributed by atoms with Gasteiger partial charge in [-0.3, -0.25) is 0 Å². The highest BCUT2D eigenvalue weighted by Crippen LogP contribution is 2.32. The van der Waals surface area contributed by atoms with Crippen LogP contribution in [0.25, 0.3) is 10.8 Å². The van der Waals surface area contributed by atoms with Crippen LogP contribution in [0.15, 0.2) is 54.6 Å². The van der Waals surface area contributed by atoms with Gasteiger partial charge in [0.15, 0.2) is 5.69 Å². The lowest BCUT2D eigenvalue weighted by atomic mass is 10.1. The fourth-order valence-corrected chi connectivity index (χ4v) is 2.34. The van der Waals surface area contributed by atoms with E-state index >= 15 is 0 Å². The van der Waals surface area contributed by atoms with Crippen LogP contribution in [0.5, 0.6) is 11.6 Å². The van der Waals surface area contributed by atoms with Crippen LogP contribution in [0.4, 0.5) is 0 Å². The van der Waals surface area contributed by atoms with Gasteiger partial charge < -0.3 is 14.6 Å². The number of aromatic nitrogens is 1. The molecule has 1 heterocycles. The summed E-state index contributed by atoms with van der Waals surface area (Å²) in [5.74, 6) is -0.248. The molecule has 0 radical (unpaired) electrons. The number of hydrogen-bond donors (Lipinski definition) is 1. The van der Waals surface area contributed by atoms with E-state index in [1.54, 1.807) is 6.07 Å². The van der Waals surface area contributed by atoms with Gasteiger partial charge in [0, 0.05) is 10.8 Å². The number of aromatic carboxylic acids is 1. The summed E-state index contributed by atoms with van der Waals surface area (Å²) < 4.78 is 11.1. The Hall–Kier alpha value is -3.08. The van der Waals surface area contributed by atoms with Crippen molar-refractivity contribution in [1.29, 1.82) is 0 Å². The average Bonchev–Trinajstić information content (AvgIpc) is 2.59. The number of rotatable bonds is 5. The minimum Gasteiger partial charge on any atom is -0.488 e. The number of fused-ring (bicyclic) bond motifs is 1. The maximum absolute atomic E-state index is 11.2. The van der Waals surface area contributed by atoms with E-state index in [4.69, 9.17) is 9.47 Å². The van der Waals surface area contributed by atoms with Gasteiger partial charge in [-0.15, -0.1) is 0 Å². The number of carboxylic acid groups (broad SMARTS) is 1. The number of hydrogen-bond acceptors (Lipinski definition) is 4. The number of ether oxygens (including phenoxy) is 2. The molecule has 0 saturated heterocycles. The van der Waals surface area contributed by atoms with Crippen molar-refractivity contribution >= 4 is 16.7 Å². The minimum atomic E-state index is -1.11. The zero-order chi connectivity index (χ0) is 16.2. The number of methoxy groups -OCH3 is 1. The summed E-state index contributed by atoms with van der Waals surface area (Å²) in [5.41, 5.74) is 0.953. The Kier molecular flexibility index (Phi) is 4.10. The Morgan fingerprint density at radius 3 is 2.57 bits per heavy atom. The van der Waals surface area contributed by atoms with Crippen LogP contribution in [0.2, 0.25) is 0 Å². The monoisotopic (exact) mass is 309 g/mol. The standard InChI is InChI=1S/C18H15NO4/c1-22-17-13-8-5-9-16(14(13)10-15(19-17)18(20)21)23-11-12-6-3-2-4-7-12/h2-10H,11H2,1H3,(H,20,21). The zero-order valence-electron chi connectivity index (χ0n) is 12.5. The van der Waals surface area contributed by atoms with Crippen molar-refractivity contribution in [2.24, 2.45) is 0 Å². The van der Waals surface area contributed by atoms with E-state index in [-0.39, 0.29) is 11.6 Å². The number of pyridine rings is 1. The SMILES string of the molecule is COc1nc(C(=O)O)cc2c(OCc3ccccc3)cccc12. The molecule has 0 bridgehead atoms. The molecular formula is C18H15NO4. The van der Waals surface area contributed by atoms with E-state index in [0.29, 0.717) is 23.1 Å². The molecule has 0 spiro atoms. The number of nitrogens with zero attached hydrogens (tertiary/aromatic N) is 1. The summed E-state index contributed by atoms with van der Waals surface area (Å²) in [4.78, 5) is 15.2. The highest BCUT2D eigenvalue weighted by molar-refractivity contribution is 5.97. The molecule has 5 heteroatoms. The second kappa shape index (κ2) is 6.36. The van der Waals surface area contributed by atoms with Gasteiger partial charge in [0.1, 0.15) is 12.4 Å². The van der Waals surface area contributed by atoms with Crippen molar-refractivity contribution in [3.63, 3.8) is 0 Å². The van der Waals surface area contributed by atoms with Crippen LogP contribution in [0, 0.1) is 0 Å². The molecule has 0 saturated carbocycles. The van der Waals surface area contributed by atoms with E-state index in [0.717, 1.165) is 5.56 Å². The molecule has 1 N–H and O–H groups in total. The van der Waals surface area contributed by atoms with Crippen LogP contribution in [-0.4, -0.2) is 23.2 Å². The van der Waals surface area contributed by atoms with E-state index in [9.17, 15) is 9.90 Å². The third-order valence-electron chi connectivity index (χ3n) is 3.45. The Labute approximate surface area is 133 Å². The van der Waals surface area contributed by atoms with Gasteiger partial charge in [-0.05, 0) is 23.8 Å². The largest absolute Gasteiger partial charge is 0.488 e. The average molecular weight is 309 g/mol. The third-order valence-corrected chi connectivity index (χ3v) is 3.45. The Balaban J connectivity index is 2.02. The molecule has 116 valence electrons. The van der Waals surface area contributed by atoms with Crippen molar-refractivity contribution in [2.45, 2.75) is 6.61 Å². The maximum atomic E-state index is 11.2. The number of carbonyl (C=O) groups is 1. The van der Waals surface area contributed by atoms with Crippen LogP contribution >= 0.6 is 0 Å². The first-order chi connectivity index (χ1) is 11.2. The molecular weight excluding hydrogens is 294 g/mol. The molecule has 0 fully saturated rings. The minimum absolute atomic E-state index is 0.0786. The van der Waals surface area contributed by atoms with Crippen LogP contribution in [0.1, 0.15) is 16.1 Å². The maximum Gasteiger partial charge on any atom is 0.354 e. The first kappa shape index (κ1) is 14.8. The van der Waals surface area contributed by atoms with E-state index in [1.807, 2.05) is 42.5 Å². The molecule has 0 atom stereocenters. The third kappa shape index (κ3) is 3.08. The highest BCUT2D eigenvalue weighted by atomic mass is 16.5. The smallest absolute Gasteiger partial charge is 0.354 e. The lowest BCUT2D eigenvalue weighted by Gasteiger charge is -2.12. The molecule has 3 rings (SSSR count). The number of benzene rings is 2. The fourth-order valence-electron chi connectivity index (χ4n) is 2.34. The molecule has 3 aromatic rings. The van der Waals surface area contributed by atoms with Crippen molar-refractivity contribution in [3.05, 3.63) is 65.9 Å². The van der Waals surface area contributed by atoms with E-state index in [2.05, 4.69) is 4.98 Å². The second-order valence-electron chi connectivity index (χ2n) is 4.95. The van der Waals surface area contributed by atoms with Gasteiger partial charge in [0.05, 0.1) is 7.11 Å². The van der Waals surface area contributed by atoms with Crippen molar-refractivity contribution in [1.82, 2.24) is 4.98 Å². The molecule has 0 unspecified atom stereocenters. The molecule has 0 aliphatic rings. The predicted octanol–water partition coefficient (Wildman–Crippen LogP) is 3.52. The summed E-state index contributed by atoms with van der Waals surface area (Å²) in [6.07, 6.45) is 0. The lowest BCUT2D eigenvalue weighted by molar-refractivity contribution is 0.0690. The van der Waals surface area contributed by atoms with Gasteiger partial charge in [0.2, 0.25) is 5.88 Å². The molecule has 23 heavy (non-hydrogen) atoms. The molecule has 2 aromatic carbocycles. The lowest BCUT2D eigenvalue weighted by Crippen LogP contribution is -2.03. The van der Waals surface area contributed by atoms with Gasteiger partial charge in [-0.2, -0.15) is 0 Å². The van der Waals surface area contributed by atoms with Gasteiger partial charge in [0.25, 0.3) is 0 Å². The fraction of sp³-hybridized carbons (Fsp3) is 0.111. The first-order valence-corrected chi connectivity index (χ1v) is 7.07. The Bertz CT molecular complexity index is 846. The number of carboxylic acids is 1. The summed E-state index contributed by atoms with van der Waals surface area (Å²) in [6.45, 7) is 0.396. The summed E-state index contributed by atoms with van der Waals surface area (Å²) >= 11 is 0. The van der Waals surface area contributed by atoms with Gasteiger partial charge in [-0.25, -0.2) is 9.78 Å². The summed E-state index contributed by atoms with van der Waals surface area (Å²) in [6, 6.07) is 16.7.